The van der Waals surface area contributed by atoms with Gasteiger partial charge in [-0.1, -0.05) is 20.3 Å². The summed E-state index contributed by atoms with van der Waals surface area (Å²) in [7, 11) is 0. The van der Waals surface area contributed by atoms with Gasteiger partial charge in [-0.3, -0.25) is 0 Å². The zero-order valence-corrected chi connectivity index (χ0v) is 9.45. The topological polar surface area (TPSA) is 110 Å². The van der Waals surface area contributed by atoms with Crippen LogP contribution in [0.1, 0.15) is 20.3 Å². The van der Waals surface area contributed by atoms with Crippen molar-refractivity contribution in [3.63, 3.8) is 0 Å². The van der Waals surface area contributed by atoms with Gasteiger partial charge in [-0.25, -0.2) is 0 Å². The van der Waals surface area contributed by atoms with Crippen molar-refractivity contribution in [3.8, 4) is 0 Å². The maximum absolute atomic E-state index is 9.87. The van der Waals surface area contributed by atoms with Gasteiger partial charge >= 0.3 is 0 Å². The van der Waals surface area contributed by atoms with Gasteiger partial charge in [-0.2, -0.15) is 0 Å². The molecule has 0 spiro atoms. The molecule has 1 saturated heterocycles. The lowest BCUT2D eigenvalue weighted by Crippen LogP contribution is -2.68. The molecule has 0 aromatic rings. The van der Waals surface area contributed by atoms with Crippen molar-refractivity contribution in [2.75, 3.05) is 6.61 Å². The Morgan fingerprint density at radius 3 is 2.19 bits per heavy atom. The van der Waals surface area contributed by atoms with Crippen LogP contribution in [-0.2, 0) is 4.74 Å². The van der Waals surface area contributed by atoms with Crippen LogP contribution >= 0.6 is 0 Å². The fraction of sp³-hybridized carbons (Fsp3) is 1.00. The highest BCUT2D eigenvalue weighted by Crippen LogP contribution is 2.36. The van der Waals surface area contributed by atoms with Gasteiger partial charge in [0.1, 0.15) is 23.9 Å². The lowest BCUT2D eigenvalue weighted by molar-refractivity contribution is -0.339. The van der Waals surface area contributed by atoms with E-state index in [1.807, 2.05) is 6.92 Å². The molecule has 2 unspecified atom stereocenters. The molecule has 0 aromatic heterocycles. The van der Waals surface area contributed by atoms with E-state index >= 15 is 0 Å². The van der Waals surface area contributed by atoms with Crippen molar-refractivity contribution >= 4 is 0 Å². The molecular weight excluding hydrogens is 216 g/mol. The largest absolute Gasteiger partial charge is 0.393 e. The molecule has 1 aliphatic heterocycles. The fourth-order valence-electron chi connectivity index (χ4n) is 2.05. The van der Waals surface area contributed by atoms with Gasteiger partial charge in [-0.15, -0.1) is 0 Å². The summed E-state index contributed by atoms with van der Waals surface area (Å²) in [6, 6.07) is 0. The van der Waals surface area contributed by atoms with Gasteiger partial charge in [0.05, 0.1) is 6.61 Å². The zero-order chi connectivity index (χ0) is 12.5. The Kier molecular flexibility index (Phi) is 4.28. The molecule has 1 aliphatic rings. The van der Waals surface area contributed by atoms with Crippen molar-refractivity contribution in [1.29, 1.82) is 0 Å². The smallest absolute Gasteiger partial charge is 0.184 e. The first-order valence-corrected chi connectivity index (χ1v) is 5.41. The fourth-order valence-corrected chi connectivity index (χ4v) is 2.05. The van der Waals surface area contributed by atoms with E-state index in [9.17, 15) is 25.5 Å². The van der Waals surface area contributed by atoms with Crippen molar-refractivity contribution < 1.29 is 30.3 Å². The average Bonchev–Trinajstić information content (AvgIpc) is 2.30. The van der Waals surface area contributed by atoms with Crippen molar-refractivity contribution in [2.45, 2.75) is 50.5 Å². The molecule has 5 N–H and O–H groups in total. The Morgan fingerprint density at radius 1 is 1.19 bits per heavy atom. The molecule has 96 valence electrons. The number of aliphatic hydroxyl groups is 5. The first-order valence-electron chi connectivity index (χ1n) is 5.41. The summed E-state index contributed by atoms with van der Waals surface area (Å²) in [6.07, 6.45) is -5.57. The summed E-state index contributed by atoms with van der Waals surface area (Å²) < 4.78 is 5.12. The summed E-state index contributed by atoms with van der Waals surface area (Å²) in [5, 5.41) is 47.5. The maximum atomic E-state index is 9.87. The molecule has 0 aromatic carbocycles. The van der Waals surface area contributed by atoms with E-state index in [1.54, 1.807) is 6.92 Å². The maximum Gasteiger partial charge on any atom is 0.184 e. The van der Waals surface area contributed by atoms with Crippen molar-refractivity contribution in [2.24, 2.45) is 5.92 Å². The van der Waals surface area contributed by atoms with E-state index in [2.05, 4.69) is 0 Å². The highest BCUT2D eigenvalue weighted by atomic mass is 16.6. The summed E-state index contributed by atoms with van der Waals surface area (Å²) in [5.41, 5.74) is -1.44. The molecule has 1 rings (SSSR count). The minimum Gasteiger partial charge on any atom is -0.393 e. The van der Waals surface area contributed by atoms with Crippen LogP contribution in [0.5, 0.6) is 0 Å². The molecule has 1 fully saturated rings. The third-order valence-corrected chi connectivity index (χ3v) is 3.50. The highest BCUT2D eigenvalue weighted by Gasteiger charge is 2.55. The summed E-state index contributed by atoms with van der Waals surface area (Å²) in [6.45, 7) is 3.03. The third-order valence-electron chi connectivity index (χ3n) is 3.50. The van der Waals surface area contributed by atoms with Gasteiger partial charge < -0.3 is 30.3 Å². The molecule has 0 radical (unpaired) electrons. The Morgan fingerprint density at radius 2 is 1.75 bits per heavy atom. The predicted octanol–water partition coefficient (Wildman–Crippen LogP) is -1.81. The first kappa shape index (κ1) is 13.8. The Bertz CT molecular complexity index is 235. The lowest BCUT2D eigenvalue weighted by Gasteiger charge is -2.49. The van der Waals surface area contributed by atoms with E-state index in [-0.39, 0.29) is 5.92 Å². The first-order chi connectivity index (χ1) is 7.40. The van der Waals surface area contributed by atoms with E-state index in [1.165, 1.54) is 0 Å². The Balaban J connectivity index is 3.00. The molecule has 6 heteroatoms. The number of ether oxygens (including phenoxy) is 1. The van der Waals surface area contributed by atoms with Gasteiger partial charge in [0.25, 0.3) is 0 Å². The second-order valence-corrected chi connectivity index (χ2v) is 4.36. The second kappa shape index (κ2) is 4.95. The second-order valence-electron chi connectivity index (χ2n) is 4.36. The minimum atomic E-state index is -1.61. The minimum absolute atomic E-state index is 0.274. The third kappa shape index (κ3) is 1.97. The van der Waals surface area contributed by atoms with Crippen LogP contribution in [0.25, 0.3) is 0 Å². The van der Waals surface area contributed by atoms with Gasteiger partial charge in [0.2, 0.25) is 0 Å². The quantitative estimate of drug-likeness (QED) is 0.395. The number of hydrogen-bond donors (Lipinski definition) is 5. The number of hydrogen-bond acceptors (Lipinski definition) is 6. The van der Waals surface area contributed by atoms with Crippen LogP contribution in [0.3, 0.4) is 0 Å². The van der Waals surface area contributed by atoms with E-state index in [4.69, 9.17) is 4.74 Å². The lowest BCUT2D eigenvalue weighted by atomic mass is 9.77. The predicted molar refractivity (Wildman–Crippen MR) is 54.4 cm³/mol. The monoisotopic (exact) mass is 236 g/mol. The van der Waals surface area contributed by atoms with E-state index in [0.717, 1.165) is 0 Å². The summed E-state index contributed by atoms with van der Waals surface area (Å²) in [5.74, 6) is -0.274. The SMILES string of the molecule is CCC(C)[C@]1(CO)OC(O)[C@H](O)[C@@H](O)[C@@H]1O. The van der Waals surface area contributed by atoms with Crippen LogP contribution in [0.15, 0.2) is 0 Å². The van der Waals surface area contributed by atoms with Crippen LogP contribution in [-0.4, -0.2) is 62.3 Å². The molecule has 0 saturated carbocycles. The van der Waals surface area contributed by atoms with E-state index in [0.29, 0.717) is 6.42 Å². The number of rotatable bonds is 3. The van der Waals surface area contributed by atoms with Crippen molar-refractivity contribution in [3.05, 3.63) is 0 Å². The normalized spacial score (nSPS) is 46.7. The molecular formula is C10H20O6. The Labute approximate surface area is 94.1 Å². The van der Waals surface area contributed by atoms with Crippen LogP contribution in [0.2, 0.25) is 0 Å². The molecule has 6 nitrogen and oxygen atoms in total. The Hall–Kier alpha value is -0.240. The zero-order valence-electron chi connectivity index (χ0n) is 9.45. The van der Waals surface area contributed by atoms with Crippen LogP contribution in [0.4, 0.5) is 0 Å². The van der Waals surface area contributed by atoms with Gasteiger partial charge in [0.15, 0.2) is 6.29 Å². The van der Waals surface area contributed by atoms with E-state index < -0.39 is 36.8 Å². The molecule has 0 bridgehead atoms. The van der Waals surface area contributed by atoms with Crippen LogP contribution in [0, 0.1) is 5.92 Å². The number of aliphatic hydroxyl groups excluding tert-OH is 5. The van der Waals surface area contributed by atoms with Gasteiger partial charge in [-0.05, 0) is 5.92 Å². The van der Waals surface area contributed by atoms with Gasteiger partial charge in [0, 0.05) is 0 Å². The molecule has 1 heterocycles. The molecule has 0 aliphatic carbocycles. The highest BCUT2D eigenvalue weighted by molar-refractivity contribution is 5.02. The molecule has 0 amide bonds. The standard InChI is InChI=1S/C10H20O6/c1-3-5(2)10(4-11)8(14)6(12)7(13)9(15)16-10/h5-9,11-15H,3-4H2,1-2H3/t5?,6-,7-,8+,9?,10+/m1/s1. The summed E-state index contributed by atoms with van der Waals surface area (Å²) in [4.78, 5) is 0. The average molecular weight is 236 g/mol. The van der Waals surface area contributed by atoms with Crippen molar-refractivity contribution in [1.82, 2.24) is 0 Å². The summed E-state index contributed by atoms with van der Waals surface area (Å²) >= 11 is 0. The molecule has 16 heavy (non-hydrogen) atoms. The molecule has 6 atom stereocenters. The van der Waals surface area contributed by atoms with Crippen LogP contribution < -0.4 is 0 Å².